The third kappa shape index (κ3) is 2.22. The molecule has 0 fully saturated rings. The van der Waals surface area contributed by atoms with Crippen LogP contribution in [0, 0.1) is 0 Å². The van der Waals surface area contributed by atoms with Gasteiger partial charge in [-0.05, 0) is 20.8 Å². The van der Waals surface area contributed by atoms with Crippen LogP contribution in [0.15, 0.2) is 15.8 Å². The van der Waals surface area contributed by atoms with E-state index in [1.165, 1.54) is 9.08 Å². The summed E-state index contributed by atoms with van der Waals surface area (Å²) in [5.41, 5.74) is -0.492. The lowest BCUT2D eigenvalue weighted by molar-refractivity contribution is 0.344. The molecule has 0 aliphatic carbocycles. The van der Waals surface area contributed by atoms with Crippen molar-refractivity contribution in [2.45, 2.75) is 52.5 Å². The standard InChI is InChI=1S/C13H20N4O2/c1-12(2,3)8-7-16-9(10(18)14-8)15-17(11(16)19)13(4,5)6/h7H,1-6H3,(H,14,18). The molecular formula is C13H20N4O2. The second kappa shape index (κ2) is 3.82. The summed E-state index contributed by atoms with van der Waals surface area (Å²) in [6, 6.07) is 0. The summed E-state index contributed by atoms with van der Waals surface area (Å²) in [7, 11) is 0. The Kier molecular flexibility index (Phi) is 2.73. The van der Waals surface area contributed by atoms with Gasteiger partial charge >= 0.3 is 5.69 Å². The van der Waals surface area contributed by atoms with Crippen molar-refractivity contribution in [1.29, 1.82) is 0 Å². The number of fused-ring (bicyclic) bond motifs is 1. The van der Waals surface area contributed by atoms with Crippen LogP contribution in [0.5, 0.6) is 0 Å². The number of hydrogen-bond donors (Lipinski definition) is 1. The van der Waals surface area contributed by atoms with E-state index in [0.29, 0.717) is 5.69 Å². The molecule has 6 nitrogen and oxygen atoms in total. The van der Waals surface area contributed by atoms with E-state index in [9.17, 15) is 9.59 Å². The molecule has 0 atom stereocenters. The van der Waals surface area contributed by atoms with E-state index in [4.69, 9.17) is 0 Å². The third-order valence-corrected chi connectivity index (χ3v) is 2.96. The number of aromatic nitrogens is 4. The van der Waals surface area contributed by atoms with Gasteiger partial charge in [-0.2, -0.15) is 0 Å². The van der Waals surface area contributed by atoms with Gasteiger partial charge in [-0.25, -0.2) is 13.9 Å². The average molecular weight is 264 g/mol. The van der Waals surface area contributed by atoms with E-state index in [1.54, 1.807) is 6.20 Å². The van der Waals surface area contributed by atoms with Gasteiger partial charge in [-0.1, -0.05) is 20.8 Å². The first-order valence-corrected chi connectivity index (χ1v) is 6.27. The number of nitrogens with one attached hydrogen (secondary N) is 1. The molecular weight excluding hydrogens is 244 g/mol. The summed E-state index contributed by atoms with van der Waals surface area (Å²) in [5, 5.41) is 4.13. The van der Waals surface area contributed by atoms with Crippen LogP contribution in [0.3, 0.4) is 0 Å². The van der Waals surface area contributed by atoms with Crippen molar-refractivity contribution < 1.29 is 0 Å². The van der Waals surface area contributed by atoms with Crippen LogP contribution in [0.25, 0.3) is 5.65 Å². The summed E-state index contributed by atoms with van der Waals surface area (Å²) < 4.78 is 2.66. The van der Waals surface area contributed by atoms with Gasteiger partial charge in [-0.15, -0.1) is 5.10 Å². The number of nitrogens with zero attached hydrogens (tertiary/aromatic N) is 3. The predicted molar refractivity (Wildman–Crippen MR) is 73.8 cm³/mol. The van der Waals surface area contributed by atoms with Crippen LogP contribution in [-0.4, -0.2) is 19.2 Å². The molecule has 2 aromatic heterocycles. The SMILES string of the molecule is CC(C)(C)c1cn2c(=O)n(C(C)(C)C)nc2c(=O)[nH]1. The summed E-state index contributed by atoms with van der Waals surface area (Å²) in [5.74, 6) is 0. The predicted octanol–water partition coefficient (Wildman–Crippen LogP) is 1.24. The number of rotatable bonds is 0. The lowest BCUT2D eigenvalue weighted by Crippen LogP contribution is -2.34. The van der Waals surface area contributed by atoms with E-state index >= 15 is 0 Å². The highest BCUT2D eigenvalue weighted by molar-refractivity contribution is 5.34. The first-order valence-electron chi connectivity index (χ1n) is 6.27. The Morgan fingerprint density at radius 2 is 1.68 bits per heavy atom. The molecule has 0 aromatic carbocycles. The van der Waals surface area contributed by atoms with Gasteiger partial charge < -0.3 is 4.98 Å². The Balaban J connectivity index is 2.87. The van der Waals surface area contributed by atoms with Gasteiger partial charge in [0.25, 0.3) is 5.56 Å². The Morgan fingerprint density at radius 1 is 1.11 bits per heavy atom. The first-order chi connectivity index (χ1) is 8.51. The van der Waals surface area contributed by atoms with Crippen molar-refractivity contribution in [1.82, 2.24) is 19.2 Å². The van der Waals surface area contributed by atoms with Crippen molar-refractivity contribution in [3.63, 3.8) is 0 Å². The van der Waals surface area contributed by atoms with Crippen LogP contribution >= 0.6 is 0 Å². The molecule has 0 bridgehead atoms. The van der Waals surface area contributed by atoms with Crippen LogP contribution in [0.2, 0.25) is 0 Å². The molecule has 0 unspecified atom stereocenters. The monoisotopic (exact) mass is 264 g/mol. The molecule has 2 aromatic rings. The lowest BCUT2D eigenvalue weighted by Gasteiger charge is -2.17. The van der Waals surface area contributed by atoms with Gasteiger partial charge in [0, 0.05) is 17.3 Å². The highest BCUT2D eigenvalue weighted by atomic mass is 16.2. The topological polar surface area (TPSA) is 72.2 Å². The number of hydrogen-bond acceptors (Lipinski definition) is 3. The second-order valence-corrected chi connectivity index (χ2v) is 6.81. The van der Waals surface area contributed by atoms with Crippen LogP contribution in [0.4, 0.5) is 0 Å². The largest absolute Gasteiger partial charge is 0.351 e. The molecule has 0 aliphatic rings. The van der Waals surface area contributed by atoms with Crippen molar-refractivity contribution in [3.05, 3.63) is 32.7 Å². The van der Waals surface area contributed by atoms with Crippen LogP contribution in [0.1, 0.15) is 47.2 Å². The molecule has 0 radical (unpaired) electrons. The molecule has 1 N–H and O–H groups in total. The summed E-state index contributed by atoms with van der Waals surface area (Å²) >= 11 is 0. The highest BCUT2D eigenvalue weighted by Crippen LogP contribution is 2.18. The smallest absolute Gasteiger partial charge is 0.321 e. The maximum Gasteiger partial charge on any atom is 0.351 e. The molecule has 6 heteroatoms. The fourth-order valence-corrected chi connectivity index (χ4v) is 1.81. The molecule has 2 rings (SSSR count). The van der Waals surface area contributed by atoms with E-state index in [0.717, 1.165) is 0 Å². The third-order valence-electron chi connectivity index (χ3n) is 2.96. The Morgan fingerprint density at radius 3 is 2.16 bits per heavy atom. The van der Waals surface area contributed by atoms with E-state index in [-0.39, 0.29) is 22.3 Å². The second-order valence-electron chi connectivity index (χ2n) is 6.81. The number of aromatic amines is 1. The minimum atomic E-state index is -0.461. The molecule has 0 saturated carbocycles. The quantitative estimate of drug-likeness (QED) is 0.778. The van der Waals surface area contributed by atoms with Gasteiger partial charge in [-0.3, -0.25) is 4.79 Å². The first kappa shape index (κ1) is 13.6. The van der Waals surface area contributed by atoms with Crippen molar-refractivity contribution in [2.24, 2.45) is 0 Å². The minimum Gasteiger partial charge on any atom is -0.321 e. The molecule has 19 heavy (non-hydrogen) atoms. The van der Waals surface area contributed by atoms with Crippen LogP contribution < -0.4 is 11.2 Å². The highest BCUT2D eigenvalue weighted by Gasteiger charge is 2.23. The summed E-state index contributed by atoms with van der Waals surface area (Å²) in [6.45, 7) is 11.6. The van der Waals surface area contributed by atoms with Crippen molar-refractivity contribution in [2.75, 3.05) is 0 Å². The van der Waals surface area contributed by atoms with E-state index in [1.807, 2.05) is 41.5 Å². The zero-order valence-corrected chi connectivity index (χ0v) is 12.2. The zero-order chi connectivity index (χ0) is 14.6. The molecule has 104 valence electrons. The Hall–Kier alpha value is -1.85. The van der Waals surface area contributed by atoms with E-state index < -0.39 is 5.54 Å². The summed E-state index contributed by atoms with van der Waals surface area (Å²) in [4.78, 5) is 27.2. The molecule has 0 aliphatic heterocycles. The normalized spacial score (nSPS) is 13.2. The minimum absolute atomic E-state index is 0.132. The average Bonchev–Trinajstić information content (AvgIpc) is 2.55. The van der Waals surface area contributed by atoms with Crippen LogP contribution in [-0.2, 0) is 11.0 Å². The molecule has 0 saturated heterocycles. The maximum absolute atomic E-state index is 12.3. The molecule has 2 heterocycles. The van der Waals surface area contributed by atoms with Gasteiger partial charge in [0.1, 0.15) is 0 Å². The summed E-state index contributed by atoms with van der Waals surface area (Å²) in [6.07, 6.45) is 1.66. The lowest BCUT2D eigenvalue weighted by atomic mass is 9.93. The fourth-order valence-electron chi connectivity index (χ4n) is 1.81. The van der Waals surface area contributed by atoms with E-state index in [2.05, 4.69) is 10.1 Å². The zero-order valence-electron chi connectivity index (χ0n) is 12.2. The number of H-pyrrole nitrogens is 1. The molecule has 0 spiro atoms. The van der Waals surface area contributed by atoms with Gasteiger partial charge in [0.05, 0.1) is 5.54 Å². The van der Waals surface area contributed by atoms with Gasteiger partial charge in [0.2, 0.25) is 5.65 Å². The van der Waals surface area contributed by atoms with Crippen molar-refractivity contribution in [3.8, 4) is 0 Å². The van der Waals surface area contributed by atoms with Gasteiger partial charge in [0.15, 0.2) is 0 Å². The molecule has 0 amide bonds. The Labute approximate surface area is 111 Å². The maximum atomic E-state index is 12.3. The fraction of sp³-hybridized carbons (Fsp3) is 0.615. The van der Waals surface area contributed by atoms with Crippen molar-refractivity contribution >= 4 is 5.65 Å². The Bertz CT molecular complexity index is 735.